The molecule has 1 aromatic heterocycles. The average molecular weight is 269 g/mol. The molecule has 0 aliphatic carbocycles. The molecular weight excluding hydrogens is 258 g/mol. The van der Waals surface area contributed by atoms with E-state index in [1.54, 1.807) is 0 Å². The van der Waals surface area contributed by atoms with Crippen molar-refractivity contribution in [2.75, 3.05) is 0 Å². The fourth-order valence-electron chi connectivity index (χ4n) is 2.41. The standard InChI is InChI=1S/C14H11N3O3/c1-2-7-12-10(5-1)13(19-20-18-12)8-9-4-3-6-11-14(9)16-17-15-11/h1-7,13H,8H2,(H,15,16,17). The maximum Gasteiger partial charge on any atom is 0.174 e. The number of fused-ring (bicyclic) bond motifs is 2. The number of aromatic amines is 1. The molecule has 0 amide bonds. The number of hydrogen-bond acceptors (Lipinski definition) is 5. The van der Waals surface area contributed by atoms with Crippen molar-refractivity contribution in [1.82, 2.24) is 15.4 Å². The van der Waals surface area contributed by atoms with Crippen LogP contribution in [0.3, 0.4) is 0 Å². The van der Waals surface area contributed by atoms with Crippen molar-refractivity contribution in [2.45, 2.75) is 12.5 Å². The third-order valence-corrected chi connectivity index (χ3v) is 3.38. The SMILES string of the molecule is c1ccc2c(c1)OOOC2Cc1cccc2n[nH]nc12. The number of hydrogen-bond donors (Lipinski definition) is 1. The van der Waals surface area contributed by atoms with E-state index in [2.05, 4.69) is 15.4 Å². The van der Waals surface area contributed by atoms with Crippen molar-refractivity contribution in [3.8, 4) is 5.75 Å². The lowest BCUT2D eigenvalue weighted by molar-refractivity contribution is -0.496. The summed E-state index contributed by atoms with van der Waals surface area (Å²) in [4.78, 5) is 10.3. The third kappa shape index (κ3) is 1.82. The number of rotatable bonds is 2. The Bertz CT molecular complexity index is 756. The highest BCUT2D eigenvalue weighted by atomic mass is 17.5. The van der Waals surface area contributed by atoms with Crippen LogP contribution in [0.5, 0.6) is 5.75 Å². The highest BCUT2D eigenvalue weighted by Gasteiger charge is 2.25. The molecule has 1 atom stereocenters. The van der Waals surface area contributed by atoms with Gasteiger partial charge in [0.25, 0.3) is 0 Å². The molecule has 0 spiro atoms. The number of nitrogens with zero attached hydrogens (tertiary/aromatic N) is 2. The summed E-state index contributed by atoms with van der Waals surface area (Å²) in [6.45, 7) is 0. The Labute approximate surface area is 114 Å². The van der Waals surface area contributed by atoms with Gasteiger partial charge in [0.05, 0.1) is 0 Å². The molecule has 0 bridgehead atoms. The van der Waals surface area contributed by atoms with Gasteiger partial charge in [-0.25, -0.2) is 0 Å². The summed E-state index contributed by atoms with van der Waals surface area (Å²) in [5.74, 6) is 0.677. The largest absolute Gasteiger partial charge is 0.308 e. The molecule has 100 valence electrons. The smallest absolute Gasteiger partial charge is 0.174 e. The molecule has 2 aromatic carbocycles. The van der Waals surface area contributed by atoms with Gasteiger partial charge in [-0.3, -0.25) is 0 Å². The Morgan fingerprint density at radius 1 is 1.05 bits per heavy atom. The second-order valence-electron chi connectivity index (χ2n) is 4.59. The van der Waals surface area contributed by atoms with Gasteiger partial charge in [-0.1, -0.05) is 30.3 Å². The van der Waals surface area contributed by atoms with Gasteiger partial charge in [0.1, 0.15) is 17.1 Å². The van der Waals surface area contributed by atoms with Crippen LogP contribution < -0.4 is 4.89 Å². The van der Waals surface area contributed by atoms with Crippen molar-refractivity contribution >= 4 is 11.0 Å². The first-order valence-electron chi connectivity index (χ1n) is 6.29. The summed E-state index contributed by atoms with van der Waals surface area (Å²) >= 11 is 0. The summed E-state index contributed by atoms with van der Waals surface area (Å²) in [6.07, 6.45) is 0.395. The maximum atomic E-state index is 5.25. The molecule has 1 aliphatic heterocycles. The Kier molecular flexibility index (Phi) is 2.61. The zero-order valence-corrected chi connectivity index (χ0v) is 10.4. The molecule has 1 aliphatic rings. The van der Waals surface area contributed by atoms with Crippen LogP contribution in [0.25, 0.3) is 11.0 Å². The monoisotopic (exact) mass is 269 g/mol. The van der Waals surface area contributed by atoms with Crippen LogP contribution in [0.4, 0.5) is 0 Å². The van der Waals surface area contributed by atoms with Crippen LogP contribution in [-0.4, -0.2) is 15.4 Å². The molecule has 4 rings (SSSR count). The predicted molar refractivity (Wildman–Crippen MR) is 69.6 cm³/mol. The number of nitrogens with one attached hydrogen (secondary N) is 1. The Hall–Kier alpha value is -2.44. The van der Waals surface area contributed by atoms with Crippen LogP contribution in [0.1, 0.15) is 17.2 Å². The number of para-hydroxylation sites is 2. The van der Waals surface area contributed by atoms with Crippen LogP contribution in [0.15, 0.2) is 42.5 Å². The average Bonchev–Trinajstić information content (AvgIpc) is 2.97. The van der Waals surface area contributed by atoms with Gasteiger partial charge in [-0.05, 0) is 22.7 Å². The van der Waals surface area contributed by atoms with E-state index >= 15 is 0 Å². The summed E-state index contributed by atoms with van der Waals surface area (Å²) in [6, 6.07) is 13.5. The molecule has 0 saturated heterocycles. The van der Waals surface area contributed by atoms with Crippen LogP contribution >= 0.6 is 0 Å². The molecule has 6 nitrogen and oxygen atoms in total. The number of aromatic nitrogens is 3. The molecule has 20 heavy (non-hydrogen) atoms. The number of benzene rings is 2. The molecule has 1 N–H and O–H groups in total. The minimum absolute atomic E-state index is 0.234. The molecule has 0 saturated carbocycles. The van der Waals surface area contributed by atoms with E-state index in [0.717, 1.165) is 22.2 Å². The second kappa shape index (κ2) is 4.59. The summed E-state index contributed by atoms with van der Waals surface area (Å²) in [5.41, 5.74) is 3.68. The summed E-state index contributed by atoms with van der Waals surface area (Å²) in [7, 11) is 0. The van der Waals surface area contributed by atoms with E-state index in [-0.39, 0.29) is 6.10 Å². The fraction of sp³-hybridized carbons (Fsp3) is 0.143. The van der Waals surface area contributed by atoms with E-state index < -0.39 is 0 Å². The molecule has 0 radical (unpaired) electrons. The van der Waals surface area contributed by atoms with Gasteiger partial charge in [0.15, 0.2) is 5.75 Å². The highest BCUT2D eigenvalue weighted by Crippen LogP contribution is 2.35. The number of H-pyrrole nitrogens is 1. The first-order valence-corrected chi connectivity index (χ1v) is 6.29. The topological polar surface area (TPSA) is 69.3 Å². The lowest BCUT2D eigenvalue weighted by Crippen LogP contribution is -2.17. The van der Waals surface area contributed by atoms with E-state index in [9.17, 15) is 0 Å². The molecule has 6 heteroatoms. The van der Waals surface area contributed by atoms with Crippen LogP contribution in [0, 0.1) is 0 Å². The Balaban J connectivity index is 1.72. The van der Waals surface area contributed by atoms with Crippen LogP contribution in [-0.2, 0) is 16.3 Å². The Morgan fingerprint density at radius 3 is 3.00 bits per heavy atom. The molecule has 2 heterocycles. The Morgan fingerprint density at radius 2 is 2.00 bits per heavy atom. The first kappa shape index (κ1) is 11.4. The third-order valence-electron chi connectivity index (χ3n) is 3.38. The summed E-state index contributed by atoms with van der Waals surface area (Å²) < 4.78 is 0. The van der Waals surface area contributed by atoms with E-state index in [4.69, 9.17) is 14.8 Å². The van der Waals surface area contributed by atoms with Gasteiger partial charge in [-0.2, -0.15) is 20.3 Å². The van der Waals surface area contributed by atoms with Gasteiger partial charge >= 0.3 is 0 Å². The van der Waals surface area contributed by atoms with Gasteiger partial charge in [0, 0.05) is 12.0 Å². The quantitative estimate of drug-likeness (QED) is 0.724. The van der Waals surface area contributed by atoms with Crippen molar-refractivity contribution in [1.29, 1.82) is 0 Å². The first-order chi connectivity index (χ1) is 9.92. The minimum Gasteiger partial charge on any atom is -0.308 e. The predicted octanol–water partition coefficient (Wildman–Crippen LogP) is 2.50. The zero-order valence-electron chi connectivity index (χ0n) is 10.4. The van der Waals surface area contributed by atoms with Gasteiger partial charge in [0.2, 0.25) is 0 Å². The second-order valence-corrected chi connectivity index (χ2v) is 4.59. The highest BCUT2D eigenvalue weighted by molar-refractivity contribution is 5.77. The summed E-state index contributed by atoms with van der Waals surface area (Å²) in [5, 5.41) is 15.6. The van der Waals surface area contributed by atoms with Gasteiger partial charge in [-0.15, -0.1) is 0 Å². The van der Waals surface area contributed by atoms with Crippen LogP contribution in [0.2, 0.25) is 0 Å². The lowest BCUT2D eigenvalue weighted by Gasteiger charge is -2.22. The molecule has 0 fully saturated rings. The van der Waals surface area contributed by atoms with E-state index in [1.165, 1.54) is 0 Å². The minimum atomic E-state index is -0.234. The fourth-order valence-corrected chi connectivity index (χ4v) is 2.41. The van der Waals surface area contributed by atoms with Crippen molar-refractivity contribution in [3.63, 3.8) is 0 Å². The van der Waals surface area contributed by atoms with E-state index in [1.807, 2.05) is 42.5 Å². The normalized spacial score (nSPS) is 17.7. The van der Waals surface area contributed by atoms with Crippen molar-refractivity contribution in [3.05, 3.63) is 53.6 Å². The maximum absolute atomic E-state index is 5.25. The zero-order chi connectivity index (χ0) is 13.4. The molecule has 3 aromatic rings. The van der Waals surface area contributed by atoms with Gasteiger partial charge < -0.3 is 4.89 Å². The van der Waals surface area contributed by atoms with E-state index in [0.29, 0.717) is 12.2 Å². The lowest BCUT2D eigenvalue weighted by atomic mass is 9.99. The van der Waals surface area contributed by atoms with Crippen molar-refractivity contribution < 1.29 is 14.8 Å². The van der Waals surface area contributed by atoms with Crippen molar-refractivity contribution in [2.24, 2.45) is 0 Å². The molecular formula is C14H11N3O3. The molecule has 1 unspecified atom stereocenters.